The highest BCUT2D eigenvalue weighted by atomic mass is 32.1. The number of ether oxygens (including phenoxy) is 9. The van der Waals surface area contributed by atoms with Crippen LogP contribution < -0.4 is 0 Å². The minimum atomic E-state index is -2.81. The first-order valence-electron chi connectivity index (χ1n) is 21.7. The van der Waals surface area contributed by atoms with Crippen LogP contribution in [0.15, 0.2) is 0 Å². The average Bonchev–Trinajstić information content (AvgIpc) is 3.52. The van der Waals surface area contributed by atoms with E-state index < -0.39 is 203 Å². The van der Waals surface area contributed by atoms with Crippen molar-refractivity contribution in [2.75, 3.05) is 45.4 Å². The van der Waals surface area contributed by atoms with E-state index in [1.807, 2.05) is 0 Å². The van der Waals surface area contributed by atoms with E-state index in [-0.39, 0.29) is 6.61 Å². The summed E-state index contributed by atoms with van der Waals surface area (Å²) in [5, 5.41) is 185. The average molecular weight is 969 g/mol. The Morgan fingerprint density at radius 3 is 1.65 bits per heavy atom. The van der Waals surface area contributed by atoms with E-state index in [2.05, 4.69) is 12.6 Å². The van der Waals surface area contributed by atoms with Crippen LogP contribution in [-0.4, -0.2) is 279 Å². The molecule has 0 radical (unpaired) electrons. The zero-order chi connectivity index (χ0) is 47.4. The molecule has 17 unspecified atom stereocenters. The standard InChI is InChI=1S/C38H64O26S/c39-6-11-19(44)22(47)16(28(11)62-36-25(50)23(48)20(45)15(10-43)60-36)34(53)61-31-24(49)21(46)14(9-42)58-33(31)38(55)17-12(7-40)57-32(26(51)29(17)63-38)37(54)18-13(8-41)59-35(27(52)30(18)64-37)56-4-2-1-3-5-65/h11-36,39-55,65H,1-10H2/t11?,12?,13?,14?,15?,16?,17-,18-,19-,20-,21-,22?,23?,24?,25?,26?,27?,28?,29?,30?,31?,32+,33+,34-,35+,36-,37+,38?/m1/s1. The largest absolute Gasteiger partial charge is 0.396 e. The van der Waals surface area contributed by atoms with Crippen molar-refractivity contribution in [1.29, 1.82) is 0 Å². The van der Waals surface area contributed by atoms with Crippen LogP contribution in [0.2, 0.25) is 0 Å². The highest BCUT2D eigenvalue weighted by Gasteiger charge is 2.76. The molecule has 17 N–H and O–H groups in total. The number of hydrogen-bond donors (Lipinski definition) is 18. The van der Waals surface area contributed by atoms with Crippen molar-refractivity contribution >= 4 is 12.6 Å². The zero-order valence-electron chi connectivity index (χ0n) is 34.8. The summed E-state index contributed by atoms with van der Waals surface area (Å²) in [6.45, 7) is -4.22. The van der Waals surface area contributed by atoms with Gasteiger partial charge in [-0.1, -0.05) is 6.42 Å². The minimum absolute atomic E-state index is 0.197. The number of fused-ring (bicyclic) bond motifs is 2. The summed E-state index contributed by atoms with van der Waals surface area (Å²) in [4.78, 5) is 0. The monoisotopic (exact) mass is 968 g/mol. The van der Waals surface area contributed by atoms with Crippen LogP contribution in [0.4, 0.5) is 0 Å². The van der Waals surface area contributed by atoms with Crippen molar-refractivity contribution in [3.8, 4) is 0 Å². The normalized spacial score (nSPS) is 53.7. The second-order valence-electron chi connectivity index (χ2n) is 17.8. The maximum absolute atomic E-state index is 12.3. The second-order valence-corrected chi connectivity index (χ2v) is 18.3. The number of rotatable bonds is 18. The molecule has 0 aromatic heterocycles. The van der Waals surface area contributed by atoms with E-state index in [1.54, 1.807) is 0 Å². The predicted molar refractivity (Wildman–Crippen MR) is 207 cm³/mol. The van der Waals surface area contributed by atoms with E-state index in [1.165, 1.54) is 0 Å². The van der Waals surface area contributed by atoms with Gasteiger partial charge in [-0.05, 0) is 18.6 Å². The Hall–Kier alpha value is -0.690. The molecular weight excluding hydrogens is 904 g/mol. The predicted octanol–water partition coefficient (Wildman–Crippen LogP) is -9.96. The fraction of sp³-hybridized carbons (Fsp3) is 1.00. The van der Waals surface area contributed by atoms with E-state index in [9.17, 15) is 86.8 Å². The summed E-state index contributed by atoms with van der Waals surface area (Å²) in [5.74, 6) is -10.8. The minimum Gasteiger partial charge on any atom is -0.396 e. The summed E-state index contributed by atoms with van der Waals surface area (Å²) in [5.41, 5.74) is 0. The summed E-state index contributed by atoms with van der Waals surface area (Å²) in [7, 11) is 0. The van der Waals surface area contributed by atoms with Crippen molar-refractivity contribution in [2.24, 2.45) is 23.7 Å². The van der Waals surface area contributed by atoms with Gasteiger partial charge in [0.25, 0.3) is 0 Å². The lowest BCUT2D eigenvalue weighted by molar-refractivity contribution is -0.511. The number of unbranched alkanes of at least 4 members (excludes halogenated alkanes) is 2. The third-order valence-electron chi connectivity index (χ3n) is 14.1. The molecule has 6 heterocycles. The van der Waals surface area contributed by atoms with Crippen LogP contribution in [0.25, 0.3) is 0 Å². The first kappa shape index (κ1) is 52.1. The van der Waals surface area contributed by atoms with Crippen molar-refractivity contribution < 1.29 is 129 Å². The smallest absolute Gasteiger partial charge is 0.203 e. The van der Waals surface area contributed by atoms with Crippen molar-refractivity contribution in [3.63, 3.8) is 0 Å². The number of hydrogen-bond acceptors (Lipinski definition) is 27. The molecule has 0 amide bonds. The molecule has 0 aromatic rings. The lowest BCUT2D eigenvalue weighted by atomic mass is 9.67. The molecule has 27 heteroatoms. The van der Waals surface area contributed by atoms with E-state index in [4.69, 9.17) is 42.6 Å². The van der Waals surface area contributed by atoms with Gasteiger partial charge in [-0.25, -0.2) is 0 Å². The Kier molecular flexibility index (Phi) is 16.8. The van der Waals surface area contributed by atoms with Crippen LogP contribution in [-0.2, 0) is 42.6 Å². The SMILES string of the molecule is OCC1O[C@H](OC2C(CO)[C@@H](O)C(O)C2[C@H](O)OC2C(O)[C@H](O)C(CO)O[C@@H]2C2(O)OC3C(O)[C@@H]([C@@]4(O)OC5C(O)[C@@H](OCCCCCS)OC(CO)[C@H]54)OC(CO)[C@H]32)C(O)C(O)[C@@H]1O. The van der Waals surface area contributed by atoms with Gasteiger partial charge in [-0.3, -0.25) is 0 Å². The highest BCUT2D eigenvalue weighted by molar-refractivity contribution is 7.80. The zero-order valence-corrected chi connectivity index (χ0v) is 35.7. The molecule has 378 valence electrons. The lowest BCUT2D eigenvalue weighted by Gasteiger charge is -2.67. The molecule has 7 aliphatic rings. The van der Waals surface area contributed by atoms with Gasteiger partial charge >= 0.3 is 0 Å². The molecule has 1 saturated carbocycles. The van der Waals surface area contributed by atoms with Gasteiger partial charge in [0.15, 0.2) is 18.9 Å². The van der Waals surface area contributed by atoms with Gasteiger partial charge in [-0.2, -0.15) is 12.6 Å². The summed E-state index contributed by atoms with van der Waals surface area (Å²) < 4.78 is 51.8. The van der Waals surface area contributed by atoms with Crippen molar-refractivity contribution in [1.82, 2.24) is 0 Å². The molecular formula is C38H64O26S. The maximum atomic E-state index is 12.3. The van der Waals surface area contributed by atoms with Crippen LogP contribution in [0, 0.1) is 23.7 Å². The van der Waals surface area contributed by atoms with Crippen molar-refractivity contribution in [3.05, 3.63) is 0 Å². The van der Waals surface area contributed by atoms with Gasteiger partial charge < -0.3 is 129 Å². The molecule has 7 rings (SSSR count). The number of aliphatic hydroxyl groups excluding tert-OH is 15. The summed E-state index contributed by atoms with van der Waals surface area (Å²) >= 11 is 4.17. The topological polar surface area (TPSA) is 427 Å². The molecule has 0 spiro atoms. The Balaban J connectivity index is 1.10. The maximum Gasteiger partial charge on any atom is 0.203 e. The highest BCUT2D eigenvalue weighted by Crippen LogP contribution is 2.57. The second kappa shape index (κ2) is 21.0. The van der Waals surface area contributed by atoms with E-state index >= 15 is 0 Å². The molecule has 0 aromatic carbocycles. The number of thiol groups is 1. The van der Waals surface area contributed by atoms with Crippen molar-refractivity contribution in [2.45, 2.75) is 166 Å². The molecule has 6 saturated heterocycles. The summed E-state index contributed by atoms with van der Waals surface area (Å²) in [6.07, 6.45) is -37.0. The molecule has 26 nitrogen and oxygen atoms in total. The lowest BCUT2D eigenvalue weighted by Crippen LogP contribution is -2.85. The molecule has 28 atom stereocenters. The first-order chi connectivity index (χ1) is 30.9. The quantitative estimate of drug-likeness (QED) is 0.0344. The summed E-state index contributed by atoms with van der Waals surface area (Å²) in [6, 6.07) is 0. The van der Waals surface area contributed by atoms with Crippen LogP contribution in [0.5, 0.6) is 0 Å². The van der Waals surface area contributed by atoms with Gasteiger partial charge in [-0.15, -0.1) is 0 Å². The molecule has 6 aliphatic heterocycles. The molecule has 1 aliphatic carbocycles. The fourth-order valence-corrected chi connectivity index (χ4v) is 10.8. The van der Waals surface area contributed by atoms with E-state index in [0.29, 0.717) is 12.2 Å². The van der Waals surface area contributed by atoms with Crippen LogP contribution >= 0.6 is 12.6 Å². The van der Waals surface area contributed by atoms with Gasteiger partial charge in [0.05, 0.1) is 81.3 Å². The third-order valence-corrected chi connectivity index (χ3v) is 14.4. The van der Waals surface area contributed by atoms with Gasteiger partial charge in [0.2, 0.25) is 11.6 Å². The Morgan fingerprint density at radius 2 is 1.05 bits per heavy atom. The molecule has 7 fully saturated rings. The van der Waals surface area contributed by atoms with Crippen LogP contribution in [0.3, 0.4) is 0 Å². The third kappa shape index (κ3) is 9.03. The first-order valence-corrected chi connectivity index (χ1v) is 22.3. The fourth-order valence-electron chi connectivity index (χ4n) is 10.6. The molecule has 65 heavy (non-hydrogen) atoms. The van der Waals surface area contributed by atoms with E-state index in [0.717, 1.165) is 12.8 Å². The Labute approximate surface area is 376 Å². The molecule has 0 bridgehead atoms. The number of aliphatic hydroxyl groups is 17. The van der Waals surface area contributed by atoms with Gasteiger partial charge in [0.1, 0.15) is 85.5 Å². The van der Waals surface area contributed by atoms with Crippen LogP contribution in [0.1, 0.15) is 19.3 Å². The Morgan fingerprint density at radius 1 is 0.508 bits per heavy atom. The Bertz CT molecular complexity index is 1540. The van der Waals surface area contributed by atoms with Gasteiger partial charge in [0, 0.05) is 12.5 Å².